The molecule has 3 aromatic rings. The summed E-state index contributed by atoms with van der Waals surface area (Å²) in [6, 6.07) is 7.67. The van der Waals surface area contributed by atoms with Gasteiger partial charge in [0, 0.05) is 29.6 Å². The van der Waals surface area contributed by atoms with Crippen molar-refractivity contribution in [3.8, 4) is 11.6 Å². The van der Waals surface area contributed by atoms with E-state index in [1.54, 1.807) is 0 Å². The second kappa shape index (κ2) is 6.33. The Morgan fingerprint density at radius 2 is 2.08 bits per heavy atom. The summed E-state index contributed by atoms with van der Waals surface area (Å²) in [5.41, 5.74) is 2.27. The van der Waals surface area contributed by atoms with E-state index in [-0.39, 0.29) is 11.8 Å². The second-order valence-electron chi connectivity index (χ2n) is 5.94. The van der Waals surface area contributed by atoms with Gasteiger partial charge in [-0.2, -0.15) is 4.98 Å². The standard InChI is InChI=1S/C17H16ClN5O2/c1-2-13-21-16(23-25-13)15-20-12-7-10(8-19-17(24)14(12)22-15)9-3-5-11(18)6-4-9/h3-6,10H,2,7-8H2,1H3,(H,19,24)(H,20,22)/t10-/m1/s1. The Morgan fingerprint density at radius 3 is 2.80 bits per heavy atom. The van der Waals surface area contributed by atoms with E-state index in [1.165, 1.54) is 0 Å². The van der Waals surface area contributed by atoms with Gasteiger partial charge in [0.25, 0.3) is 5.91 Å². The number of nitrogens with one attached hydrogen (secondary N) is 2. The molecule has 25 heavy (non-hydrogen) atoms. The molecule has 0 saturated carbocycles. The van der Waals surface area contributed by atoms with Crippen molar-refractivity contribution < 1.29 is 9.32 Å². The maximum atomic E-state index is 12.4. The molecule has 8 heteroatoms. The van der Waals surface area contributed by atoms with Gasteiger partial charge in [0.15, 0.2) is 5.82 Å². The maximum absolute atomic E-state index is 12.4. The molecular formula is C17H16ClN5O2. The van der Waals surface area contributed by atoms with E-state index in [1.807, 2.05) is 31.2 Å². The SMILES string of the molecule is CCc1nc(-c2nc3c([nH]2)C[C@@H](c2ccc(Cl)cc2)CNC3=O)no1. The van der Waals surface area contributed by atoms with E-state index in [2.05, 4.69) is 25.4 Å². The van der Waals surface area contributed by atoms with Gasteiger partial charge in [-0.25, -0.2) is 4.98 Å². The van der Waals surface area contributed by atoms with Crippen LogP contribution in [0.25, 0.3) is 11.6 Å². The zero-order valence-corrected chi connectivity index (χ0v) is 14.3. The smallest absolute Gasteiger partial charge is 0.271 e. The first-order valence-electron chi connectivity index (χ1n) is 8.09. The molecule has 0 radical (unpaired) electrons. The average Bonchev–Trinajstić information content (AvgIpc) is 3.23. The van der Waals surface area contributed by atoms with Crippen molar-refractivity contribution in [1.29, 1.82) is 0 Å². The van der Waals surface area contributed by atoms with Gasteiger partial charge in [0.2, 0.25) is 11.7 Å². The van der Waals surface area contributed by atoms with E-state index in [0.717, 1.165) is 11.3 Å². The molecule has 0 bridgehead atoms. The number of aromatic nitrogens is 4. The highest BCUT2D eigenvalue weighted by Gasteiger charge is 2.27. The number of amides is 1. The number of fused-ring (bicyclic) bond motifs is 1. The molecule has 1 aromatic carbocycles. The summed E-state index contributed by atoms with van der Waals surface area (Å²) in [4.78, 5) is 24.2. The molecule has 0 fully saturated rings. The summed E-state index contributed by atoms with van der Waals surface area (Å²) < 4.78 is 5.12. The molecular weight excluding hydrogens is 342 g/mol. The molecule has 4 rings (SSSR count). The predicted molar refractivity (Wildman–Crippen MR) is 91.5 cm³/mol. The Labute approximate surface area is 148 Å². The minimum atomic E-state index is -0.201. The third-order valence-electron chi connectivity index (χ3n) is 4.28. The van der Waals surface area contributed by atoms with Gasteiger partial charge in [-0.1, -0.05) is 35.8 Å². The molecule has 2 N–H and O–H groups in total. The highest BCUT2D eigenvalue weighted by Crippen LogP contribution is 2.27. The van der Waals surface area contributed by atoms with Crippen LogP contribution in [0.4, 0.5) is 0 Å². The normalized spacial score (nSPS) is 17.0. The number of H-pyrrole nitrogens is 1. The minimum absolute atomic E-state index is 0.132. The first kappa shape index (κ1) is 15.8. The first-order valence-corrected chi connectivity index (χ1v) is 8.47. The van der Waals surface area contributed by atoms with Crippen molar-refractivity contribution in [3.63, 3.8) is 0 Å². The van der Waals surface area contributed by atoms with Crippen LogP contribution in [0.2, 0.25) is 5.02 Å². The predicted octanol–water partition coefficient (Wildman–Crippen LogP) is 2.75. The van der Waals surface area contributed by atoms with Crippen LogP contribution < -0.4 is 5.32 Å². The summed E-state index contributed by atoms with van der Waals surface area (Å²) in [5.74, 6) is 1.27. The van der Waals surface area contributed by atoms with Crippen LogP contribution in [0, 0.1) is 0 Å². The number of hydrogen-bond acceptors (Lipinski definition) is 5. The van der Waals surface area contributed by atoms with Crippen LogP contribution in [0.5, 0.6) is 0 Å². The number of nitrogens with zero attached hydrogens (tertiary/aromatic N) is 3. The zero-order valence-electron chi connectivity index (χ0n) is 13.5. The van der Waals surface area contributed by atoms with Crippen LogP contribution in [-0.2, 0) is 12.8 Å². The molecule has 3 heterocycles. The number of carbonyl (C=O) groups excluding carboxylic acids is 1. The molecule has 1 amide bonds. The van der Waals surface area contributed by atoms with Crippen molar-refractivity contribution in [2.45, 2.75) is 25.7 Å². The van der Waals surface area contributed by atoms with E-state index >= 15 is 0 Å². The Bertz CT molecular complexity index is 916. The third kappa shape index (κ3) is 3.02. The van der Waals surface area contributed by atoms with E-state index in [0.29, 0.717) is 47.6 Å². The first-order chi connectivity index (χ1) is 12.1. The van der Waals surface area contributed by atoms with Crippen LogP contribution in [0.1, 0.15) is 40.5 Å². The molecule has 128 valence electrons. The van der Waals surface area contributed by atoms with Crippen LogP contribution in [0.15, 0.2) is 28.8 Å². The number of aryl methyl sites for hydroxylation is 1. The summed E-state index contributed by atoms with van der Waals surface area (Å²) >= 11 is 5.96. The number of carbonyl (C=O) groups is 1. The molecule has 0 spiro atoms. The molecule has 1 aliphatic heterocycles. The lowest BCUT2D eigenvalue weighted by molar-refractivity contribution is 0.0950. The molecule has 7 nitrogen and oxygen atoms in total. The second-order valence-corrected chi connectivity index (χ2v) is 6.38. The summed E-state index contributed by atoms with van der Waals surface area (Å²) in [7, 11) is 0. The Balaban J connectivity index is 1.67. The molecule has 0 saturated heterocycles. The van der Waals surface area contributed by atoms with Crippen molar-refractivity contribution in [2.24, 2.45) is 0 Å². The number of imidazole rings is 1. The quantitative estimate of drug-likeness (QED) is 0.751. The van der Waals surface area contributed by atoms with Gasteiger partial charge in [0.1, 0.15) is 5.69 Å². The monoisotopic (exact) mass is 357 g/mol. The van der Waals surface area contributed by atoms with Crippen LogP contribution in [0.3, 0.4) is 0 Å². The fraction of sp³-hybridized carbons (Fsp3) is 0.294. The maximum Gasteiger partial charge on any atom is 0.271 e. The lowest BCUT2D eigenvalue weighted by Gasteiger charge is -2.14. The largest absolute Gasteiger partial charge is 0.350 e. The lowest BCUT2D eigenvalue weighted by Crippen LogP contribution is -2.26. The lowest BCUT2D eigenvalue weighted by atomic mass is 9.94. The number of hydrogen-bond donors (Lipinski definition) is 2. The Kier molecular flexibility index (Phi) is 4.01. The van der Waals surface area contributed by atoms with E-state index in [4.69, 9.17) is 16.1 Å². The van der Waals surface area contributed by atoms with E-state index in [9.17, 15) is 4.79 Å². The summed E-state index contributed by atoms with van der Waals surface area (Å²) in [5, 5.41) is 7.53. The Hall–Kier alpha value is -2.67. The van der Waals surface area contributed by atoms with Gasteiger partial charge >= 0.3 is 0 Å². The fourth-order valence-corrected chi connectivity index (χ4v) is 3.06. The van der Waals surface area contributed by atoms with Crippen molar-refractivity contribution >= 4 is 17.5 Å². The molecule has 0 aliphatic carbocycles. The van der Waals surface area contributed by atoms with Crippen molar-refractivity contribution in [3.05, 3.63) is 52.1 Å². The Morgan fingerprint density at radius 1 is 1.28 bits per heavy atom. The molecule has 1 aliphatic rings. The van der Waals surface area contributed by atoms with Crippen LogP contribution in [-0.4, -0.2) is 32.6 Å². The zero-order chi connectivity index (χ0) is 17.4. The number of rotatable bonds is 3. The van der Waals surface area contributed by atoms with Gasteiger partial charge in [-0.05, 0) is 24.1 Å². The van der Waals surface area contributed by atoms with Gasteiger partial charge in [-0.3, -0.25) is 4.79 Å². The highest BCUT2D eigenvalue weighted by molar-refractivity contribution is 6.30. The van der Waals surface area contributed by atoms with Crippen LogP contribution >= 0.6 is 11.6 Å². The molecule has 0 unspecified atom stereocenters. The van der Waals surface area contributed by atoms with Crippen molar-refractivity contribution in [2.75, 3.05) is 6.54 Å². The van der Waals surface area contributed by atoms with E-state index < -0.39 is 0 Å². The van der Waals surface area contributed by atoms with Gasteiger partial charge in [0.05, 0.1) is 0 Å². The fourth-order valence-electron chi connectivity index (χ4n) is 2.93. The topological polar surface area (TPSA) is 96.7 Å². The summed E-state index contributed by atoms with van der Waals surface area (Å²) in [6.45, 7) is 2.47. The summed E-state index contributed by atoms with van der Waals surface area (Å²) in [6.07, 6.45) is 1.30. The number of benzene rings is 1. The number of halogens is 1. The highest BCUT2D eigenvalue weighted by atomic mass is 35.5. The number of aromatic amines is 1. The van der Waals surface area contributed by atoms with Gasteiger partial charge in [-0.15, -0.1) is 0 Å². The molecule has 2 aromatic heterocycles. The minimum Gasteiger partial charge on any atom is -0.350 e. The average molecular weight is 358 g/mol. The van der Waals surface area contributed by atoms with Crippen molar-refractivity contribution in [1.82, 2.24) is 25.4 Å². The van der Waals surface area contributed by atoms with Gasteiger partial charge < -0.3 is 14.8 Å². The molecule has 1 atom stereocenters. The third-order valence-corrected chi connectivity index (χ3v) is 4.53.